The van der Waals surface area contributed by atoms with E-state index in [1.807, 2.05) is 0 Å². The van der Waals surface area contributed by atoms with Crippen molar-refractivity contribution in [2.75, 3.05) is 0 Å². The average molecular weight is 180 g/mol. The Kier molecular flexibility index (Phi) is 6.81. The van der Waals surface area contributed by atoms with Gasteiger partial charge < -0.3 is 10.2 Å². The van der Waals surface area contributed by atoms with E-state index in [0.717, 1.165) is 0 Å². The fourth-order valence-electron chi connectivity index (χ4n) is 0. The van der Waals surface area contributed by atoms with E-state index in [9.17, 15) is 0 Å². The zero-order chi connectivity index (χ0) is 5.15. The van der Waals surface area contributed by atoms with Gasteiger partial charge in [-0.1, -0.05) is 0 Å². The molecule has 0 aliphatic carbocycles. The van der Waals surface area contributed by atoms with Gasteiger partial charge in [0.1, 0.15) is 0 Å². The summed E-state index contributed by atoms with van der Waals surface area (Å²) in [5.74, 6) is -3.65. The summed E-state index contributed by atoms with van der Waals surface area (Å²) in [4.78, 5) is 18.2. The van der Waals surface area contributed by atoms with Gasteiger partial charge in [-0.3, -0.25) is 0 Å². The molecule has 38 valence electrons. The van der Waals surface area contributed by atoms with Gasteiger partial charge in [0.05, 0.1) is 0 Å². The van der Waals surface area contributed by atoms with E-state index in [2.05, 4.69) is 0 Å². The number of carboxylic acid groups (broad SMARTS) is 2. The Bertz CT molecular complexity index is 75.7. The van der Waals surface area contributed by atoms with Crippen LogP contribution in [0.5, 0.6) is 0 Å². The van der Waals surface area contributed by atoms with Crippen LogP contribution in [0.2, 0.25) is 0 Å². The van der Waals surface area contributed by atoms with Crippen LogP contribution in [-0.4, -0.2) is 67.6 Å². The molecule has 0 rings (SSSR count). The van der Waals surface area contributed by atoms with Crippen LogP contribution in [0.1, 0.15) is 0 Å². The van der Waals surface area contributed by atoms with Gasteiger partial charge in [0, 0.05) is 0 Å². The molecule has 0 aromatic heterocycles. The molecule has 7 heavy (non-hydrogen) atoms. The van der Waals surface area contributed by atoms with Crippen LogP contribution in [0, 0.1) is 0 Å². The molecule has 0 saturated carbocycles. The second-order valence-corrected chi connectivity index (χ2v) is 0.610. The zero-order valence-electron chi connectivity index (χ0n) is 2.71. The summed E-state index contributed by atoms with van der Waals surface area (Å²) in [6.45, 7) is 0. The van der Waals surface area contributed by atoms with Crippen LogP contribution < -0.4 is 0 Å². The molecule has 0 saturated heterocycles. The topological polar surface area (TPSA) is 74.6 Å². The van der Waals surface area contributed by atoms with E-state index in [1.54, 1.807) is 0 Å². The Balaban J connectivity index is 0. The molecule has 0 aliphatic heterocycles. The maximum absolute atomic E-state index is 9.10. The molecular weight excluding hydrogens is 176 g/mol. The summed E-state index contributed by atoms with van der Waals surface area (Å²) in [6, 6.07) is 0. The fourth-order valence-corrected chi connectivity index (χ4v) is 0. The van der Waals surface area contributed by atoms with Gasteiger partial charge in [-0.05, 0) is 0 Å². The van der Waals surface area contributed by atoms with Gasteiger partial charge in [-0.25, -0.2) is 9.59 Å². The molecule has 0 bridgehead atoms. The quantitative estimate of drug-likeness (QED) is 0.341. The predicted molar refractivity (Wildman–Crippen MR) is 23.8 cm³/mol. The molecule has 0 spiro atoms. The molecular formula is C2H4O4Sr. The summed E-state index contributed by atoms with van der Waals surface area (Å²) >= 11 is 0. The second-order valence-electron chi connectivity index (χ2n) is 0.610. The summed E-state index contributed by atoms with van der Waals surface area (Å²) < 4.78 is 0. The third kappa shape index (κ3) is 6.42. The Morgan fingerprint density at radius 2 is 1.14 bits per heavy atom. The first-order chi connectivity index (χ1) is 2.64. The predicted octanol–water partition coefficient (Wildman–Crippen LogP) is -1.76. The standard InChI is InChI=1S/C2H2O4.Sr.2H/c3-1(4)2(5)6;;;/h(H,3,4)(H,5,6);;;. The number of hydrogen-bond donors (Lipinski definition) is 2. The summed E-state index contributed by atoms with van der Waals surface area (Å²) in [7, 11) is 0. The maximum atomic E-state index is 9.10. The Labute approximate surface area is 76.4 Å². The number of carbonyl (C=O) groups is 2. The zero-order valence-corrected chi connectivity index (χ0v) is 2.71. The minimum atomic E-state index is -1.82. The van der Waals surface area contributed by atoms with Crippen LogP contribution in [0.3, 0.4) is 0 Å². The molecule has 0 unspecified atom stereocenters. The minimum absolute atomic E-state index is 0. The van der Waals surface area contributed by atoms with E-state index in [-0.39, 0.29) is 45.5 Å². The molecule has 0 radical (unpaired) electrons. The van der Waals surface area contributed by atoms with Crippen LogP contribution in [0.4, 0.5) is 0 Å². The van der Waals surface area contributed by atoms with Crippen molar-refractivity contribution < 1.29 is 19.8 Å². The molecule has 4 nitrogen and oxygen atoms in total. The van der Waals surface area contributed by atoms with Gasteiger partial charge in [-0.2, -0.15) is 0 Å². The number of rotatable bonds is 0. The monoisotopic (exact) mass is 180 g/mol. The van der Waals surface area contributed by atoms with Crippen molar-refractivity contribution >= 4 is 57.4 Å². The van der Waals surface area contributed by atoms with Crippen LogP contribution in [0.15, 0.2) is 0 Å². The van der Waals surface area contributed by atoms with Gasteiger partial charge in [-0.15, -0.1) is 0 Å². The summed E-state index contributed by atoms with van der Waals surface area (Å²) in [5, 5.41) is 14.8. The van der Waals surface area contributed by atoms with E-state index in [0.29, 0.717) is 0 Å². The second kappa shape index (κ2) is 4.58. The molecule has 0 heterocycles. The first kappa shape index (κ1) is 10.4. The van der Waals surface area contributed by atoms with Crippen LogP contribution >= 0.6 is 0 Å². The summed E-state index contributed by atoms with van der Waals surface area (Å²) in [6.07, 6.45) is 0. The van der Waals surface area contributed by atoms with E-state index < -0.39 is 11.9 Å². The summed E-state index contributed by atoms with van der Waals surface area (Å²) in [5.41, 5.74) is 0. The van der Waals surface area contributed by atoms with Crippen LogP contribution in [0.25, 0.3) is 0 Å². The van der Waals surface area contributed by atoms with Gasteiger partial charge in [0.25, 0.3) is 0 Å². The third-order valence-electron chi connectivity index (χ3n) is 0.183. The fraction of sp³-hybridized carbons (Fsp3) is 0. The first-order valence-corrected chi connectivity index (χ1v) is 1.11. The molecule has 0 aromatic rings. The molecule has 5 heteroatoms. The van der Waals surface area contributed by atoms with Crippen molar-refractivity contribution in [3.63, 3.8) is 0 Å². The Morgan fingerprint density at radius 3 is 1.14 bits per heavy atom. The number of carboxylic acids is 2. The van der Waals surface area contributed by atoms with E-state index in [1.165, 1.54) is 0 Å². The Morgan fingerprint density at radius 1 is 1.00 bits per heavy atom. The molecule has 0 aliphatic rings. The molecule has 0 amide bonds. The van der Waals surface area contributed by atoms with E-state index in [4.69, 9.17) is 19.8 Å². The van der Waals surface area contributed by atoms with Crippen molar-refractivity contribution in [2.45, 2.75) is 0 Å². The van der Waals surface area contributed by atoms with Crippen molar-refractivity contribution in [1.82, 2.24) is 0 Å². The van der Waals surface area contributed by atoms with Crippen molar-refractivity contribution in [3.8, 4) is 0 Å². The van der Waals surface area contributed by atoms with Gasteiger partial charge in [0.15, 0.2) is 0 Å². The van der Waals surface area contributed by atoms with Gasteiger partial charge >= 0.3 is 57.4 Å². The Hall–Kier alpha value is 0.421. The van der Waals surface area contributed by atoms with Crippen molar-refractivity contribution in [2.24, 2.45) is 0 Å². The SMILES string of the molecule is O=C(O)C(=O)O.[SrH2]. The van der Waals surface area contributed by atoms with Gasteiger partial charge in [0.2, 0.25) is 0 Å². The average Bonchev–Trinajstić information content (AvgIpc) is 1.36. The van der Waals surface area contributed by atoms with Crippen molar-refractivity contribution in [1.29, 1.82) is 0 Å². The van der Waals surface area contributed by atoms with Crippen LogP contribution in [-0.2, 0) is 9.59 Å². The molecule has 2 N–H and O–H groups in total. The van der Waals surface area contributed by atoms with E-state index >= 15 is 0 Å². The molecule has 0 fully saturated rings. The molecule has 0 aromatic carbocycles. The molecule has 0 atom stereocenters. The number of hydrogen-bond acceptors (Lipinski definition) is 2. The third-order valence-corrected chi connectivity index (χ3v) is 0.183. The first-order valence-electron chi connectivity index (χ1n) is 1.11. The van der Waals surface area contributed by atoms with Crippen molar-refractivity contribution in [3.05, 3.63) is 0 Å². The number of aliphatic carboxylic acids is 2. The normalized spacial score (nSPS) is 6.29.